The number of Topliss-reactive ketones (excluding diaryl/α,β-unsaturated/α-hetero) is 1. The number of hydrogen-bond donors (Lipinski definition) is 2. The second-order valence-corrected chi connectivity index (χ2v) is 9.16. The predicted octanol–water partition coefficient (Wildman–Crippen LogP) is 4.56. The summed E-state index contributed by atoms with van der Waals surface area (Å²) in [4.78, 5) is 14.1. The van der Waals surface area contributed by atoms with Gasteiger partial charge in [-0.05, 0) is 47.5 Å². The normalized spacial score (nSPS) is 21.0. The van der Waals surface area contributed by atoms with E-state index >= 15 is 0 Å². The number of ether oxygens (including phenoxy) is 2. The van der Waals surface area contributed by atoms with Crippen LogP contribution in [-0.4, -0.2) is 41.9 Å². The van der Waals surface area contributed by atoms with Gasteiger partial charge in [0.25, 0.3) is 0 Å². The van der Waals surface area contributed by atoms with Crippen molar-refractivity contribution < 1.29 is 28.9 Å². The molecule has 3 atom stereocenters. The van der Waals surface area contributed by atoms with Crippen molar-refractivity contribution in [3.05, 3.63) is 75.4 Å². The summed E-state index contributed by atoms with van der Waals surface area (Å²) in [5.74, 6) is -0.313. The minimum atomic E-state index is -1.22. The molecule has 1 fully saturated rings. The van der Waals surface area contributed by atoms with Gasteiger partial charge in [-0.1, -0.05) is 23.7 Å². The van der Waals surface area contributed by atoms with Crippen LogP contribution in [0.5, 0.6) is 5.75 Å². The zero-order valence-corrected chi connectivity index (χ0v) is 18.8. The number of methoxy groups -OCH3 is 1. The Kier molecular flexibility index (Phi) is 6.93. The molecule has 2 aromatic carbocycles. The molecule has 0 bridgehead atoms. The van der Waals surface area contributed by atoms with E-state index in [4.69, 9.17) is 21.1 Å². The maximum atomic E-state index is 13.2. The van der Waals surface area contributed by atoms with Gasteiger partial charge in [0, 0.05) is 33.2 Å². The van der Waals surface area contributed by atoms with Gasteiger partial charge in [0.05, 0.1) is 19.8 Å². The highest BCUT2D eigenvalue weighted by atomic mass is 35.5. The predicted molar refractivity (Wildman–Crippen MR) is 121 cm³/mol. The fourth-order valence-electron chi connectivity index (χ4n) is 3.80. The molecule has 0 radical (unpaired) electrons. The molecule has 2 heterocycles. The number of hydrogen-bond acceptors (Lipinski definition) is 6. The summed E-state index contributed by atoms with van der Waals surface area (Å²) in [5, 5.41) is 20.1. The number of thiophene rings is 1. The van der Waals surface area contributed by atoms with E-state index in [-0.39, 0.29) is 12.2 Å². The minimum absolute atomic E-state index is 0.0699. The first kappa shape index (κ1) is 22.9. The van der Waals surface area contributed by atoms with E-state index in [0.29, 0.717) is 22.8 Å². The van der Waals surface area contributed by atoms with Gasteiger partial charge in [-0.2, -0.15) is 0 Å². The lowest BCUT2D eigenvalue weighted by atomic mass is 9.93. The second kappa shape index (κ2) is 9.68. The summed E-state index contributed by atoms with van der Waals surface area (Å²) in [5.41, 5.74) is 2.44. The maximum absolute atomic E-state index is 13.2. The van der Waals surface area contributed by atoms with Crippen LogP contribution >= 0.6 is 22.9 Å². The second-order valence-electron chi connectivity index (χ2n) is 7.59. The van der Waals surface area contributed by atoms with E-state index in [1.54, 1.807) is 29.5 Å². The van der Waals surface area contributed by atoms with Crippen LogP contribution in [0.25, 0.3) is 10.4 Å². The van der Waals surface area contributed by atoms with Crippen LogP contribution in [0.1, 0.15) is 28.5 Å². The molecule has 0 aliphatic carbocycles. The standard InChI is InChI=1S/C24H22ClFO5S/c1-30-20-10-18(25)14(9-17(20)21-11-19(28)24(29)22(12-27)31-21)8-16-6-7-23(32-16)13-2-4-15(26)5-3-13/h2-7,9-10,19,21-22,27-28H,8,11-12H2,1H3/t19-,21-,22-/m1/s1. The first-order valence-corrected chi connectivity index (χ1v) is 11.3. The number of aliphatic hydroxyl groups is 2. The largest absolute Gasteiger partial charge is 0.496 e. The summed E-state index contributed by atoms with van der Waals surface area (Å²) in [6, 6.07) is 13.9. The molecule has 0 amide bonds. The molecule has 0 saturated carbocycles. The molecule has 1 aliphatic heterocycles. The lowest BCUT2D eigenvalue weighted by Gasteiger charge is -2.32. The topological polar surface area (TPSA) is 76.0 Å². The van der Waals surface area contributed by atoms with Crippen molar-refractivity contribution in [1.82, 2.24) is 0 Å². The SMILES string of the molecule is COc1cc(Cl)c(Cc2ccc(-c3ccc(F)cc3)s2)cc1[C@H]1C[C@@H](O)C(=O)[C@@H](CO)O1. The third-order valence-electron chi connectivity index (χ3n) is 5.48. The Balaban J connectivity index is 1.61. The van der Waals surface area contributed by atoms with Crippen molar-refractivity contribution in [1.29, 1.82) is 0 Å². The minimum Gasteiger partial charge on any atom is -0.496 e. The Morgan fingerprint density at radius 2 is 1.97 bits per heavy atom. The first-order valence-electron chi connectivity index (χ1n) is 10.1. The Morgan fingerprint density at radius 3 is 2.66 bits per heavy atom. The summed E-state index contributed by atoms with van der Waals surface area (Å²) in [6.07, 6.45) is -2.29. The van der Waals surface area contributed by atoms with Gasteiger partial charge in [-0.25, -0.2) is 4.39 Å². The lowest BCUT2D eigenvalue weighted by molar-refractivity contribution is -0.162. The van der Waals surface area contributed by atoms with Crippen LogP contribution in [0.3, 0.4) is 0 Å². The molecule has 168 valence electrons. The molecule has 0 unspecified atom stereocenters. The van der Waals surface area contributed by atoms with E-state index in [9.17, 15) is 19.4 Å². The van der Waals surface area contributed by atoms with E-state index in [1.807, 2.05) is 18.2 Å². The molecular weight excluding hydrogens is 455 g/mol. The summed E-state index contributed by atoms with van der Waals surface area (Å²) >= 11 is 8.11. The summed E-state index contributed by atoms with van der Waals surface area (Å²) in [7, 11) is 1.51. The molecule has 8 heteroatoms. The zero-order valence-electron chi connectivity index (χ0n) is 17.3. The molecule has 1 saturated heterocycles. The Labute approximate surface area is 194 Å². The highest BCUT2D eigenvalue weighted by Gasteiger charge is 2.37. The molecule has 1 aliphatic rings. The number of aliphatic hydroxyl groups excluding tert-OH is 2. The molecule has 0 spiro atoms. The van der Waals surface area contributed by atoms with Crippen LogP contribution in [0.2, 0.25) is 5.02 Å². The van der Waals surface area contributed by atoms with Crippen molar-refractivity contribution >= 4 is 28.7 Å². The molecule has 2 N–H and O–H groups in total. The number of halogens is 2. The Hall–Kier alpha value is -2.29. The number of carbonyl (C=O) groups excluding carboxylic acids is 1. The van der Waals surface area contributed by atoms with Gasteiger partial charge >= 0.3 is 0 Å². The van der Waals surface area contributed by atoms with Crippen LogP contribution in [0, 0.1) is 5.82 Å². The number of ketones is 1. The average Bonchev–Trinajstić information content (AvgIpc) is 3.25. The quantitative estimate of drug-likeness (QED) is 0.545. The van der Waals surface area contributed by atoms with Crippen molar-refractivity contribution in [2.45, 2.75) is 31.2 Å². The van der Waals surface area contributed by atoms with E-state index in [1.165, 1.54) is 19.2 Å². The molecule has 4 rings (SSSR count). The third kappa shape index (κ3) is 4.72. The van der Waals surface area contributed by atoms with Crippen LogP contribution in [0.15, 0.2) is 48.5 Å². The van der Waals surface area contributed by atoms with Crippen molar-refractivity contribution in [2.24, 2.45) is 0 Å². The maximum Gasteiger partial charge on any atom is 0.192 e. The van der Waals surface area contributed by atoms with Gasteiger partial charge in [0.15, 0.2) is 5.78 Å². The highest BCUT2D eigenvalue weighted by molar-refractivity contribution is 7.15. The molecule has 1 aromatic heterocycles. The first-order chi connectivity index (χ1) is 15.4. The number of rotatable bonds is 6. The van der Waals surface area contributed by atoms with Crippen molar-refractivity contribution in [2.75, 3.05) is 13.7 Å². The van der Waals surface area contributed by atoms with Crippen molar-refractivity contribution in [3.63, 3.8) is 0 Å². The summed E-state index contributed by atoms with van der Waals surface area (Å²) < 4.78 is 24.4. The number of carbonyl (C=O) groups is 1. The number of benzene rings is 2. The molecular formula is C24H22ClFO5S. The monoisotopic (exact) mass is 476 g/mol. The fraction of sp³-hybridized carbons (Fsp3) is 0.292. The highest BCUT2D eigenvalue weighted by Crippen LogP contribution is 2.39. The van der Waals surface area contributed by atoms with Crippen LogP contribution in [0.4, 0.5) is 4.39 Å². The Bertz CT molecular complexity index is 1110. The zero-order chi connectivity index (χ0) is 22.8. The molecule has 5 nitrogen and oxygen atoms in total. The Morgan fingerprint density at radius 1 is 1.22 bits per heavy atom. The van der Waals surface area contributed by atoms with Gasteiger partial charge in [0.1, 0.15) is 23.8 Å². The van der Waals surface area contributed by atoms with Gasteiger partial charge in [-0.15, -0.1) is 11.3 Å². The van der Waals surface area contributed by atoms with Crippen LogP contribution in [-0.2, 0) is 16.0 Å². The van der Waals surface area contributed by atoms with Crippen molar-refractivity contribution in [3.8, 4) is 16.2 Å². The summed E-state index contributed by atoms with van der Waals surface area (Å²) in [6.45, 7) is -0.503. The lowest BCUT2D eigenvalue weighted by Crippen LogP contribution is -2.43. The smallest absolute Gasteiger partial charge is 0.192 e. The van der Waals surface area contributed by atoms with Gasteiger partial charge < -0.3 is 19.7 Å². The fourth-order valence-corrected chi connectivity index (χ4v) is 5.06. The average molecular weight is 477 g/mol. The van der Waals surface area contributed by atoms with E-state index in [0.717, 1.165) is 20.9 Å². The van der Waals surface area contributed by atoms with Crippen LogP contribution < -0.4 is 4.74 Å². The van der Waals surface area contributed by atoms with E-state index < -0.39 is 30.7 Å². The molecule has 32 heavy (non-hydrogen) atoms. The third-order valence-corrected chi connectivity index (χ3v) is 6.96. The van der Waals surface area contributed by atoms with E-state index in [2.05, 4.69) is 0 Å². The van der Waals surface area contributed by atoms with Gasteiger partial charge in [-0.3, -0.25) is 4.79 Å². The molecule has 3 aromatic rings. The van der Waals surface area contributed by atoms with Gasteiger partial charge in [0.2, 0.25) is 0 Å².